The van der Waals surface area contributed by atoms with Crippen LogP contribution in [0.5, 0.6) is 0 Å². The number of halogens is 1. The van der Waals surface area contributed by atoms with Gasteiger partial charge in [-0.3, -0.25) is 10.1 Å². The molecule has 1 amide bonds. The summed E-state index contributed by atoms with van der Waals surface area (Å²) in [5.74, 6) is -1.04. The first-order valence-electron chi connectivity index (χ1n) is 11.7. The number of carbonyl (C=O) groups excluding carboxylic acids is 1. The molecule has 3 aromatic rings. The van der Waals surface area contributed by atoms with Gasteiger partial charge in [0.1, 0.15) is 12.6 Å². The van der Waals surface area contributed by atoms with Gasteiger partial charge in [-0.25, -0.2) is 13.2 Å². The van der Waals surface area contributed by atoms with Crippen LogP contribution in [0.15, 0.2) is 65.6 Å². The molecule has 1 saturated heterocycles. The fourth-order valence-electron chi connectivity index (χ4n) is 5.32. The highest BCUT2D eigenvalue weighted by Crippen LogP contribution is 2.44. The van der Waals surface area contributed by atoms with Crippen molar-refractivity contribution in [2.24, 2.45) is 5.92 Å². The zero-order valence-corrected chi connectivity index (χ0v) is 20.8. The Labute approximate surface area is 213 Å². The standard InChI is InChI=1S/C26H25ClN2O6S/c27-24-20-11-10-19(36(33,34)29-22-8-4-7-18(22)14-23(29)25(30)31)13-17(20)9-12-21(24)28-26(32)35-15-16-5-2-1-3-6-16/h1-3,5-6,9-13,18,22-23H,4,7-8,14-15H2,(H,28,32)(H,30,31)/t18-,22-,23?/m1/s1. The largest absolute Gasteiger partial charge is 0.480 e. The Bertz CT molecular complexity index is 1430. The van der Waals surface area contributed by atoms with E-state index in [1.807, 2.05) is 30.3 Å². The van der Waals surface area contributed by atoms with Gasteiger partial charge in [-0.2, -0.15) is 4.31 Å². The van der Waals surface area contributed by atoms with Crippen LogP contribution in [0.3, 0.4) is 0 Å². The zero-order valence-electron chi connectivity index (χ0n) is 19.3. The predicted octanol–water partition coefficient (Wildman–Crippen LogP) is 5.26. The van der Waals surface area contributed by atoms with Crippen LogP contribution in [-0.4, -0.2) is 42.0 Å². The molecular formula is C26H25ClN2O6S. The van der Waals surface area contributed by atoms with Gasteiger partial charge in [0.05, 0.1) is 15.6 Å². The number of sulfonamides is 1. The number of nitrogens with one attached hydrogen (secondary N) is 1. The molecule has 1 aliphatic carbocycles. The molecule has 3 aromatic carbocycles. The maximum absolute atomic E-state index is 13.6. The molecule has 3 atom stereocenters. The monoisotopic (exact) mass is 528 g/mol. The minimum atomic E-state index is -4.03. The lowest BCUT2D eigenvalue weighted by Crippen LogP contribution is -2.44. The van der Waals surface area contributed by atoms with E-state index in [-0.39, 0.29) is 28.5 Å². The van der Waals surface area contributed by atoms with Gasteiger partial charge >= 0.3 is 12.1 Å². The summed E-state index contributed by atoms with van der Waals surface area (Å²) in [6.07, 6.45) is 2.08. The number of amides is 1. The van der Waals surface area contributed by atoms with E-state index in [2.05, 4.69) is 5.32 Å². The van der Waals surface area contributed by atoms with Gasteiger partial charge in [-0.05, 0) is 54.3 Å². The molecule has 2 fully saturated rings. The van der Waals surface area contributed by atoms with E-state index >= 15 is 0 Å². The number of rotatable bonds is 6. The molecule has 1 unspecified atom stereocenters. The first kappa shape index (κ1) is 24.5. The van der Waals surface area contributed by atoms with E-state index in [1.165, 1.54) is 16.4 Å². The Morgan fingerprint density at radius 2 is 1.86 bits per heavy atom. The fourth-order valence-corrected chi connectivity index (χ4v) is 7.51. The average molecular weight is 529 g/mol. The van der Waals surface area contributed by atoms with Gasteiger partial charge in [0.25, 0.3) is 0 Å². The molecule has 0 spiro atoms. The van der Waals surface area contributed by atoms with Crippen molar-refractivity contribution in [3.8, 4) is 0 Å². The van der Waals surface area contributed by atoms with Crippen molar-refractivity contribution < 1.29 is 27.9 Å². The zero-order chi connectivity index (χ0) is 25.4. The Morgan fingerprint density at radius 3 is 2.61 bits per heavy atom. The minimum absolute atomic E-state index is 0.0212. The number of fused-ring (bicyclic) bond motifs is 2. The lowest BCUT2D eigenvalue weighted by molar-refractivity contribution is -0.141. The summed E-state index contributed by atoms with van der Waals surface area (Å²) < 4.78 is 33.6. The first-order chi connectivity index (χ1) is 17.3. The van der Waals surface area contributed by atoms with Crippen LogP contribution >= 0.6 is 11.6 Å². The second-order valence-electron chi connectivity index (χ2n) is 9.18. The molecule has 10 heteroatoms. The number of carbonyl (C=O) groups is 2. The van der Waals surface area contributed by atoms with Crippen molar-refractivity contribution in [1.29, 1.82) is 0 Å². The first-order valence-corrected chi connectivity index (χ1v) is 13.5. The minimum Gasteiger partial charge on any atom is -0.480 e. The molecule has 1 aliphatic heterocycles. The van der Waals surface area contributed by atoms with Gasteiger partial charge in [-0.1, -0.05) is 60.5 Å². The number of hydrogen-bond acceptors (Lipinski definition) is 5. The van der Waals surface area contributed by atoms with Crippen molar-refractivity contribution in [1.82, 2.24) is 4.31 Å². The highest BCUT2D eigenvalue weighted by Gasteiger charge is 2.52. The molecule has 8 nitrogen and oxygen atoms in total. The number of carboxylic acids is 1. The van der Waals surface area contributed by atoms with E-state index < -0.39 is 28.1 Å². The molecule has 0 radical (unpaired) electrons. The summed E-state index contributed by atoms with van der Waals surface area (Å²) in [7, 11) is -4.03. The van der Waals surface area contributed by atoms with Crippen molar-refractivity contribution in [3.63, 3.8) is 0 Å². The van der Waals surface area contributed by atoms with E-state index in [0.717, 1.165) is 18.4 Å². The molecule has 0 aromatic heterocycles. The van der Waals surface area contributed by atoms with Crippen LogP contribution in [0, 0.1) is 5.92 Å². The summed E-state index contributed by atoms with van der Waals surface area (Å²) in [5, 5.41) is 13.7. The predicted molar refractivity (Wildman–Crippen MR) is 135 cm³/mol. The Kier molecular flexibility index (Phi) is 6.63. The molecule has 2 aliphatic rings. The van der Waals surface area contributed by atoms with Gasteiger partial charge in [0.15, 0.2) is 0 Å². The van der Waals surface area contributed by atoms with Crippen LogP contribution in [0.25, 0.3) is 10.8 Å². The molecule has 2 N–H and O–H groups in total. The van der Waals surface area contributed by atoms with Crippen molar-refractivity contribution >= 4 is 50.1 Å². The van der Waals surface area contributed by atoms with Gasteiger partial charge in [0.2, 0.25) is 10.0 Å². The molecule has 5 rings (SSSR count). The maximum Gasteiger partial charge on any atom is 0.412 e. The van der Waals surface area contributed by atoms with Crippen LogP contribution < -0.4 is 5.32 Å². The third-order valence-corrected chi connectivity index (χ3v) is 9.35. The van der Waals surface area contributed by atoms with E-state index in [9.17, 15) is 23.1 Å². The SMILES string of the molecule is O=C(Nc1ccc2cc(S(=O)(=O)N3C(C(=O)O)C[C@H]4CCC[C@H]43)ccc2c1Cl)OCc1ccccc1. The smallest absolute Gasteiger partial charge is 0.412 e. The maximum atomic E-state index is 13.6. The van der Waals surface area contributed by atoms with Crippen molar-refractivity contribution in [3.05, 3.63) is 71.2 Å². The summed E-state index contributed by atoms with van der Waals surface area (Å²) in [6, 6.07) is 15.6. The Morgan fingerprint density at radius 1 is 1.08 bits per heavy atom. The molecule has 188 valence electrons. The quantitative estimate of drug-likeness (QED) is 0.451. The number of aliphatic carboxylic acids is 1. The third kappa shape index (κ3) is 4.54. The lowest BCUT2D eigenvalue weighted by Gasteiger charge is -2.27. The van der Waals surface area contributed by atoms with E-state index in [4.69, 9.17) is 16.3 Å². The Balaban J connectivity index is 1.38. The summed E-state index contributed by atoms with van der Waals surface area (Å²) in [4.78, 5) is 24.1. The van der Waals surface area contributed by atoms with Crippen LogP contribution in [0.1, 0.15) is 31.2 Å². The van der Waals surface area contributed by atoms with Gasteiger partial charge in [0, 0.05) is 11.4 Å². The molecule has 36 heavy (non-hydrogen) atoms. The van der Waals surface area contributed by atoms with Gasteiger partial charge < -0.3 is 9.84 Å². The fraction of sp³-hybridized carbons (Fsp3) is 0.308. The van der Waals surface area contributed by atoms with Crippen LogP contribution in [0.2, 0.25) is 5.02 Å². The van der Waals surface area contributed by atoms with Crippen LogP contribution in [-0.2, 0) is 26.2 Å². The summed E-state index contributed by atoms with van der Waals surface area (Å²) in [5.41, 5.74) is 1.18. The lowest BCUT2D eigenvalue weighted by atomic mass is 10.0. The van der Waals surface area contributed by atoms with Crippen molar-refractivity contribution in [2.45, 2.75) is 49.3 Å². The topological polar surface area (TPSA) is 113 Å². The van der Waals surface area contributed by atoms with E-state index in [0.29, 0.717) is 29.3 Å². The normalized spacial score (nSPS) is 21.9. The van der Waals surface area contributed by atoms with Crippen molar-refractivity contribution in [2.75, 3.05) is 5.32 Å². The van der Waals surface area contributed by atoms with Gasteiger partial charge in [-0.15, -0.1) is 0 Å². The number of carboxylic acid groups (broad SMARTS) is 1. The number of hydrogen-bond donors (Lipinski definition) is 2. The van der Waals surface area contributed by atoms with Crippen LogP contribution in [0.4, 0.5) is 10.5 Å². The Hall–Kier alpha value is -3.14. The highest BCUT2D eigenvalue weighted by atomic mass is 35.5. The summed E-state index contributed by atoms with van der Waals surface area (Å²) in [6.45, 7) is 0.106. The average Bonchev–Trinajstić information content (AvgIpc) is 3.47. The molecule has 1 saturated carbocycles. The number of nitrogens with zero attached hydrogens (tertiary/aromatic N) is 1. The molecule has 0 bridgehead atoms. The second kappa shape index (κ2) is 9.72. The highest BCUT2D eigenvalue weighted by molar-refractivity contribution is 7.89. The number of anilines is 1. The van der Waals surface area contributed by atoms with E-state index in [1.54, 1.807) is 18.2 Å². The second-order valence-corrected chi connectivity index (χ2v) is 11.4. The number of ether oxygens (including phenoxy) is 1. The summed E-state index contributed by atoms with van der Waals surface area (Å²) >= 11 is 6.53. The number of benzene rings is 3. The third-order valence-electron chi connectivity index (χ3n) is 7.01. The molecule has 1 heterocycles. The molecular weight excluding hydrogens is 504 g/mol.